The van der Waals surface area contributed by atoms with Gasteiger partial charge >= 0.3 is 18.4 Å². The zero-order chi connectivity index (χ0) is 16.8. The van der Waals surface area contributed by atoms with Crippen molar-refractivity contribution in [3.05, 3.63) is 28.3 Å². The Labute approximate surface area is 130 Å². The number of esters is 2. The van der Waals surface area contributed by atoms with Crippen LogP contribution in [-0.4, -0.2) is 35.4 Å². The van der Waals surface area contributed by atoms with Crippen LogP contribution in [0.15, 0.2) is 18.2 Å². The number of cyclic esters (lactones) is 2. The molecule has 9 nitrogen and oxygen atoms in total. The molecule has 0 unspecified atom stereocenters. The van der Waals surface area contributed by atoms with Gasteiger partial charge in [-0.1, -0.05) is 0 Å². The Morgan fingerprint density at radius 1 is 1.26 bits per heavy atom. The number of hydrogen-bond donors (Lipinski definition) is 0. The van der Waals surface area contributed by atoms with Crippen molar-refractivity contribution in [1.29, 1.82) is 0 Å². The fourth-order valence-electron chi connectivity index (χ4n) is 2.52. The Morgan fingerprint density at radius 2 is 1.91 bits per heavy atom. The molecule has 1 fully saturated rings. The van der Waals surface area contributed by atoms with Gasteiger partial charge in [0.2, 0.25) is 0 Å². The van der Waals surface area contributed by atoms with Crippen molar-refractivity contribution in [2.45, 2.75) is 32.3 Å². The van der Waals surface area contributed by atoms with Gasteiger partial charge in [0.25, 0.3) is 5.69 Å². The predicted molar refractivity (Wildman–Crippen MR) is 75.7 cm³/mol. The summed E-state index contributed by atoms with van der Waals surface area (Å²) >= 11 is 0. The number of anilines is 1. The van der Waals surface area contributed by atoms with Crippen molar-refractivity contribution in [2.75, 3.05) is 11.4 Å². The molecule has 0 saturated carbocycles. The van der Waals surface area contributed by atoms with Crippen LogP contribution in [-0.2, 0) is 19.1 Å². The van der Waals surface area contributed by atoms with E-state index in [-0.39, 0.29) is 12.2 Å². The first kappa shape index (κ1) is 15.1. The Hall–Kier alpha value is -2.84. The van der Waals surface area contributed by atoms with Crippen molar-refractivity contribution >= 4 is 23.3 Å². The molecule has 0 amide bonds. The van der Waals surface area contributed by atoms with Gasteiger partial charge in [0.15, 0.2) is 0 Å². The second kappa shape index (κ2) is 5.11. The smallest absolute Gasteiger partial charge is 0.332 e. The lowest BCUT2D eigenvalue weighted by atomic mass is 10.1. The van der Waals surface area contributed by atoms with Gasteiger partial charge < -0.3 is 14.2 Å². The summed E-state index contributed by atoms with van der Waals surface area (Å²) in [6.45, 7) is 3.82. The molecule has 0 radical (unpaired) electrons. The fraction of sp³-hybridized carbons (Fsp3) is 0.429. The number of nitro benzene ring substituents is 1. The van der Waals surface area contributed by atoms with E-state index >= 15 is 0 Å². The Bertz CT molecular complexity index is 684. The molecule has 0 atom stereocenters. The molecule has 0 aromatic heterocycles. The van der Waals surface area contributed by atoms with Crippen molar-refractivity contribution in [2.24, 2.45) is 0 Å². The third-order valence-corrected chi connectivity index (χ3v) is 3.41. The van der Waals surface area contributed by atoms with E-state index in [2.05, 4.69) is 0 Å². The maximum atomic E-state index is 11.5. The Morgan fingerprint density at radius 3 is 2.52 bits per heavy atom. The number of nitrogens with zero attached hydrogens (tertiary/aromatic N) is 2. The van der Waals surface area contributed by atoms with Crippen LogP contribution in [0.3, 0.4) is 0 Å². The zero-order valence-corrected chi connectivity index (χ0v) is 12.5. The summed E-state index contributed by atoms with van der Waals surface area (Å²) in [5.41, 5.74) is -0.490. The molecule has 1 saturated heterocycles. The van der Waals surface area contributed by atoms with E-state index in [0.29, 0.717) is 11.4 Å². The first-order valence-corrected chi connectivity index (χ1v) is 6.88. The quantitative estimate of drug-likeness (QED) is 0.347. The highest BCUT2D eigenvalue weighted by Crippen LogP contribution is 2.41. The van der Waals surface area contributed by atoms with E-state index in [1.807, 2.05) is 0 Å². The van der Waals surface area contributed by atoms with Crippen molar-refractivity contribution in [3.8, 4) is 5.75 Å². The van der Waals surface area contributed by atoms with Crippen LogP contribution in [0, 0.1) is 10.1 Å². The molecule has 3 rings (SSSR count). The number of rotatable bonds is 2. The zero-order valence-electron chi connectivity index (χ0n) is 12.5. The first-order valence-electron chi connectivity index (χ1n) is 6.88. The largest absolute Gasteiger partial charge is 0.484 e. The third-order valence-electron chi connectivity index (χ3n) is 3.41. The summed E-state index contributed by atoms with van der Waals surface area (Å²) in [6.07, 6.45) is -1.72. The maximum absolute atomic E-state index is 11.5. The van der Waals surface area contributed by atoms with Gasteiger partial charge in [-0.2, -0.15) is 0 Å². The first-order chi connectivity index (χ1) is 10.7. The number of ether oxygens (including phenoxy) is 3. The number of carbonyl (C=O) groups is 2. The molecule has 122 valence electrons. The lowest BCUT2D eigenvalue weighted by Crippen LogP contribution is -2.54. The normalized spacial score (nSPS) is 20.2. The highest BCUT2D eigenvalue weighted by Gasteiger charge is 2.41. The minimum atomic E-state index is -1.27. The van der Waals surface area contributed by atoms with Gasteiger partial charge in [-0.25, -0.2) is 0 Å². The molecule has 2 aliphatic rings. The molecule has 0 spiro atoms. The average Bonchev–Trinajstić information content (AvgIpc) is 2.43. The Kier molecular flexibility index (Phi) is 3.35. The number of benzene rings is 1. The molecule has 2 heterocycles. The molecule has 2 aliphatic heterocycles. The molecule has 0 N–H and O–H groups in total. The number of hydrogen-bond acceptors (Lipinski definition) is 8. The second-order valence-electron chi connectivity index (χ2n) is 5.86. The number of fused-ring (bicyclic) bond motifs is 1. The topological polar surface area (TPSA) is 108 Å². The number of carbonyl (C=O) groups excluding carboxylic acids is 2. The third kappa shape index (κ3) is 2.89. The highest BCUT2D eigenvalue weighted by atomic mass is 16.7. The van der Waals surface area contributed by atoms with Gasteiger partial charge in [-0.15, -0.1) is 0 Å². The van der Waals surface area contributed by atoms with Crippen LogP contribution < -0.4 is 9.64 Å². The summed E-state index contributed by atoms with van der Waals surface area (Å²) in [4.78, 5) is 34.9. The second-order valence-corrected chi connectivity index (χ2v) is 5.86. The van der Waals surface area contributed by atoms with E-state index in [1.165, 1.54) is 23.1 Å². The lowest BCUT2D eigenvalue weighted by molar-refractivity contribution is -0.384. The van der Waals surface area contributed by atoms with E-state index in [4.69, 9.17) is 14.2 Å². The maximum Gasteiger partial charge on any atom is 0.332 e. The van der Waals surface area contributed by atoms with E-state index in [0.717, 1.165) is 0 Å². The molecule has 9 heteroatoms. The van der Waals surface area contributed by atoms with Crippen LogP contribution in [0.25, 0.3) is 0 Å². The summed E-state index contributed by atoms with van der Waals surface area (Å²) in [5.74, 6) is -1.03. The van der Waals surface area contributed by atoms with E-state index in [9.17, 15) is 19.7 Å². The monoisotopic (exact) mass is 322 g/mol. The van der Waals surface area contributed by atoms with E-state index < -0.39 is 35.3 Å². The molecule has 1 aromatic carbocycles. The summed E-state index contributed by atoms with van der Waals surface area (Å²) in [6, 6.07) is 4.08. The van der Waals surface area contributed by atoms with Crippen molar-refractivity contribution in [1.82, 2.24) is 0 Å². The minimum absolute atomic E-state index is 0.148. The van der Waals surface area contributed by atoms with Crippen LogP contribution in [0.1, 0.15) is 20.3 Å². The highest BCUT2D eigenvalue weighted by molar-refractivity contribution is 5.93. The van der Waals surface area contributed by atoms with E-state index in [1.54, 1.807) is 13.8 Å². The van der Waals surface area contributed by atoms with Crippen molar-refractivity contribution < 1.29 is 28.7 Å². The standard InChI is InChI=1S/C14H14N2O7/c1-14(2)7-15(13-21-11(17)6-12(18)22-13)9-5-8(16(19)20)3-4-10(9)23-14/h3-5,13H,6-7H2,1-2H3. The van der Waals surface area contributed by atoms with Gasteiger partial charge in [-0.05, 0) is 19.9 Å². The van der Waals surface area contributed by atoms with Gasteiger partial charge in [0.05, 0.1) is 17.2 Å². The van der Waals surface area contributed by atoms with Crippen molar-refractivity contribution in [3.63, 3.8) is 0 Å². The molecular weight excluding hydrogens is 308 g/mol. The summed E-state index contributed by atoms with van der Waals surface area (Å²) in [7, 11) is 0. The summed E-state index contributed by atoms with van der Waals surface area (Å²) < 4.78 is 15.9. The minimum Gasteiger partial charge on any atom is -0.484 e. The van der Waals surface area contributed by atoms with Crippen LogP contribution >= 0.6 is 0 Å². The predicted octanol–water partition coefficient (Wildman–Crippen LogP) is 1.35. The lowest BCUT2D eigenvalue weighted by Gasteiger charge is -2.43. The van der Waals surface area contributed by atoms with Gasteiger partial charge in [0, 0.05) is 12.1 Å². The number of nitro groups is 1. The summed E-state index contributed by atoms with van der Waals surface area (Å²) in [5, 5.41) is 11.0. The van der Waals surface area contributed by atoms with Crippen LogP contribution in [0.2, 0.25) is 0 Å². The average molecular weight is 322 g/mol. The van der Waals surface area contributed by atoms with Crippen LogP contribution in [0.5, 0.6) is 5.75 Å². The van der Waals surface area contributed by atoms with Gasteiger partial charge in [0.1, 0.15) is 17.8 Å². The molecule has 23 heavy (non-hydrogen) atoms. The Balaban J connectivity index is 2.03. The number of non-ortho nitro benzene ring substituents is 1. The molecular formula is C14H14N2O7. The SMILES string of the molecule is CC1(C)CN(C2OC(=O)CC(=O)O2)c2cc([N+](=O)[O-])ccc2O1. The molecule has 0 aliphatic carbocycles. The van der Waals surface area contributed by atoms with Crippen LogP contribution in [0.4, 0.5) is 11.4 Å². The van der Waals surface area contributed by atoms with Gasteiger partial charge in [-0.3, -0.25) is 24.6 Å². The molecule has 0 bridgehead atoms. The molecule has 1 aromatic rings. The fourth-order valence-corrected chi connectivity index (χ4v) is 2.52.